The summed E-state index contributed by atoms with van der Waals surface area (Å²) in [5, 5.41) is 18.7. The predicted molar refractivity (Wildman–Crippen MR) is 98.2 cm³/mol. The number of aliphatic hydroxyl groups is 1. The number of hydrogen-bond donors (Lipinski definition) is 2. The lowest BCUT2D eigenvalue weighted by molar-refractivity contribution is -0.148. The second-order valence-electron chi connectivity index (χ2n) is 7.02. The Labute approximate surface area is 159 Å². The fraction of sp³-hybridized carbons (Fsp3) is 0.700. The minimum Gasteiger partial charge on any atom is -0.481 e. The summed E-state index contributed by atoms with van der Waals surface area (Å²) in [5.41, 5.74) is 0. The second kappa shape index (κ2) is 11.0. The molecule has 0 spiro atoms. The van der Waals surface area contributed by atoms with Gasteiger partial charge in [-0.1, -0.05) is 31.9 Å². The van der Waals surface area contributed by atoms with E-state index in [1.54, 1.807) is 6.92 Å². The molecule has 2 N–H and O–H groups in total. The van der Waals surface area contributed by atoms with Crippen molar-refractivity contribution in [3.8, 4) is 11.8 Å². The summed E-state index contributed by atoms with van der Waals surface area (Å²) < 4.78 is 27.7. The van der Waals surface area contributed by atoms with Crippen molar-refractivity contribution in [2.45, 2.75) is 76.9 Å². The SMILES string of the molecule is CC#CC[C@@H](C)[C@H](O)C=CC1CC(F)(F)C(=O)N1CCCCCCC(=O)O. The van der Waals surface area contributed by atoms with Crippen molar-refractivity contribution in [3.63, 3.8) is 0 Å². The van der Waals surface area contributed by atoms with Crippen molar-refractivity contribution in [2.75, 3.05) is 6.54 Å². The first-order valence-corrected chi connectivity index (χ1v) is 9.35. The number of alkyl halides is 2. The Hall–Kier alpha value is -1.94. The predicted octanol–water partition coefficient (Wildman–Crippen LogP) is 3.22. The molecule has 152 valence electrons. The van der Waals surface area contributed by atoms with Crippen LogP contribution in [-0.4, -0.2) is 51.6 Å². The van der Waals surface area contributed by atoms with Crippen LogP contribution in [0.1, 0.15) is 58.8 Å². The van der Waals surface area contributed by atoms with Gasteiger partial charge >= 0.3 is 11.9 Å². The highest BCUT2D eigenvalue weighted by atomic mass is 19.3. The van der Waals surface area contributed by atoms with Gasteiger partial charge in [-0.3, -0.25) is 9.59 Å². The summed E-state index contributed by atoms with van der Waals surface area (Å²) >= 11 is 0. The molecule has 0 bridgehead atoms. The Morgan fingerprint density at radius 3 is 2.67 bits per heavy atom. The number of aliphatic carboxylic acids is 1. The lowest BCUT2D eigenvalue weighted by Crippen LogP contribution is -2.36. The molecule has 1 heterocycles. The fourth-order valence-electron chi connectivity index (χ4n) is 2.99. The molecular weight excluding hydrogens is 356 g/mol. The lowest BCUT2D eigenvalue weighted by Gasteiger charge is -2.22. The average molecular weight is 385 g/mol. The number of rotatable bonds is 11. The van der Waals surface area contributed by atoms with Crippen molar-refractivity contribution >= 4 is 11.9 Å². The summed E-state index contributed by atoms with van der Waals surface area (Å²) in [6.45, 7) is 3.73. The molecule has 1 saturated heterocycles. The molecule has 1 rings (SSSR count). The summed E-state index contributed by atoms with van der Waals surface area (Å²) in [7, 11) is 0. The zero-order valence-corrected chi connectivity index (χ0v) is 16.0. The van der Waals surface area contributed by atoms with Crippen LogP contribution in [0.15, 0.2) is 12.2 Å². The van der Waals surface area contributed by atoms with Gasteiger partial charge in [-0.05, 0) is 25.7 Å². The Bertz CT molecular complexity index is 595. The van der Waals surface area contributed by atoms with E-state index in [4.69, 9.17) is 5.11 Å². The van der Waals surface area contributed by atoms with E-state index in [9.17, 15) is 23.5 Å². The van der Waals surface area contributed by atoms with E-state index in [1.807, 2.05) is 6.92 Å². The van der Waals surface area contributed by atoms with Crippen molar-refractivity contribution < 1.29 is 28.6 Å². The van der Waals surface area contributed by atoms with E-state index in [0.29, 0.717) is 32.1 Å². The van der Waals surface area contributed by atoms with E-state index >= 15 is 0 Å². The number of unbranched alkanes of at least 4 members (excludes halogenated alkanes) is 3. The molecule has 7 heteroatoms. The monoisotopic (exact) mass is 385 g/mol. The first-order valence-electron chi connectivity index (χ1n) is 9.35. The first-order chi connectivity index (χ1) is 12.7. The molecule has 1 unspecified atom stereocenters. The molecule has 0 aromatic heterocycles. The van der Waals surface area contributed by atoms with E-state index in [1.165, 1.54) is 12.2 Å². The Morgan fingerprint density at radius 2 is 2.04 bits per heavy atom. The number of carboxylic acids is 1. The number of halogens is 2. The molecular formula is C20H29F2NO4. The molecule has 0 saturated carbocycles. The highest BCUT2D eigenvalue weighted by molar-refractivity contribution is 5.86. The number of amides is 1. The standard InChI is InChI=1S/C20H29F2NO4/c1-3-4-9-15(2)17(24)12-11-16-14-20(21,22)19(27)23(16)13-8-6-5-7-10-18(25)26/h11-12,15-17,24H,5-10,13-14H2,1-2H3,(H,25,26)/t15-,16?,17-/m1/s1. The first kappa shape index (κ1) is 23.1. The van der Waals surface area contributed by atoms with Crippen LogP contribution in [0.25, 0.3) is 0 Å². The Balaban J connectivity index is 2.59. The van der Waals surface area contributed by atoms with Gasteiger partial charge in [-0.15, -0.1) is 11.8 Å². The summed E-state index contributed by atoms with van der Waals surface area (Å²) in [4.78, 5) is 23.6. The minimum absolute atomic E-state index is 0.0879. The molecule has 1 aliphatic rings. The summed E-state index contributed by atoms with van der Waals surface area (Å²) in [6.07, 6.45) is 4.58. The third-order valence-corrected chi connectivity index (χ3v) is 4.69. The van der Waals surface area contributed by atoms with Crippen LogP contribution in [0.5, 0.6) is 0 Å². The quantitative estimate of drug-likeness (QED) is 0.325. The zero-order chi connectivity index (χ0) is 20.4. The molecule has 3 atom stereocenters. The topological polar surface area (TPSA) is 77.8 Å². The van der Waals surface area contributed by atoms with E-state index in [0.717, 1.165) is 4.90 Å². The van der Waals surface area contributed by atoms with Crippen LogP contribution >= 0.6 is 0 Å². The maximum absolute atomic E-state index is 13.8. The minimum atomic E-state index is -3.39. The van der Waals surface area contributed by atoms with Crippen LogP contribution in [0, 0.1) is 17.8 Å². The number of nitrogens with zero attached hydrogens (tertiary/aromatic N) is 1. The van der Waals surface area contributed by atoms with Crippen molar-refractivity contribution in [1.82, 2.24) is 4.90 Å². The summed E-state index contributed by atoms with van der Waals surface area (Å²) in [5.74, 6) is 0.0706. The molecule has 1 amide bonds. The van der Waals surface area contributed by atoms with Crippen LogP contribution in [-0.2, 0) is 9.59 Å². The molecule has 1 fully saturated rings. The zero-order valence-electron chi connectivity index (χ0n) is 16.0. The van der Waals surface area contributed by atoms with Gasteiger partial charge in [-0.25, -0.2) is 0 Å². The van der Waals surface area contributed by atoms with Crippen molar-refractivity contribution in [2.24, 2.45) is 5.92 Å². The second-order valence-corrected chi connectivity index (χ2v) is 7.02. The fourth-order valence-corrected chi connectivity index (χ4v) is 2.99. The Kier molecular flexibility index (Phi) is 9.44. The molecule has 0 aliphatic carbocycles. The van der Waals surface area contributed by atoms with Gasteiger partial charge in [0.2, 0.25) is 0 Å². The third kappa shape index (κ3) is 7.67. The highest BCUT2D eigenvalue weighted by Crippen LogP contribution is 2.34. The highest BCUT2D eigenvalue weighted by Gasteiger charge is 2.52. The third-order valence-electron chi connectivity index (χ3n) is 4.69. The number of carboxylic acid groups (broad SMARTS) is 1. The van der Waals surface area contributed by atoms with Gasteiger partial charge in [0.1, 0.15) is 0 Å². The number of carbonyl (C=O) groups excluding carboxylic acids is 1. The molecule has 0 aromatic rings. The number of carbonyl (C=O) groups is 2. The largest absolute Gasteiger partial charge is 0.481 e. The number of likely N-dealkylation sites (tertiary alicyclic amines) is 1. The maximum atomic E-state index is 13.8. The average Bonchev–Trinajstić information content (AvgIpc) is 2.82. The summed E-state index contributed by atoms with van der Waals surface area (Å²) in [6, 6.07) is -0.745. The van der Waals surface area contributed by atoms with Crippen LogP contribution < -0.4 is 0 Å². The maximum Gasteiger partial charge on any atom is 0.327 e. The van der Waals surface area contributed by atoms with E-state index in [-0.39, 0.29) is 18.9 Å². The van der Waals surface area contributed by atoms with Gasteiger partial charge < -0.3 is 15.1 Å². The molecule has 0 radical (unpaired) electrons. The molecule has 0 aromatic carbocycles. The van der Waals surface area contributed by atoms with Gasteiger partial charge in [-0.2, -0.15) is 8.78 Å². The van der Waals surface area contributed by atoms with Gasteiger partial charge in [0, 0.05) is 25.8 Å². The number of aliphatic hydroxyl groups excluding tert-OH is 1. The van der Waals surface area contributed by atoms with Crippen molar-refractivity contribution in [1.29, 1.82) is 0 Å². The molecule has 27 heavy (non-hydrogen) atoms. The normalized spacial score (nSPS) is 21.1. The lowest BCUT2D eigenvalue weighted by atomic mass is 10.00. The Morgan fingerprint density at radius 1 is 1.37 bits per heavy atom. The van der Waals surface area contributed by atoms with Gasteiger partial charge in [0.05, 0.1) is 12.1 Å². The molecule has 1 aliphatic heterocycles. The van der Waals surface area contributed by atoms with Crippen LogP contribution in [0.3, 0.4) is 0 Å². The van der Waals surface area contributed by atoms with Gasteiger partial charge in [0.15, 0.2) is 0 Å². The van der Waals surface area contributed by atoms with E-state index < -0.39 is 36.4 Å². The van der Waals surface area contributed by atoms with Crippen LogP contribution in [0.4, 0.5) is 8.78 Å². The molecule has 5 nitrogen and oxygen atoms in total. The smallest absolute Gasteiger partial charge is 0.327 e. The van der Waals surface area contributed by atoms with E-state index in [2.05, 4.69) is 11.8 Å². The number of hydrogen-bond acceptors (Lipinski definition) is 3. The van der Waals surface area contributed by atoms with Crippen LogP contribution in [0.2, 0.25) is 0 Å². The van der Waals surface area contributed by atoms with Gasteiger partial charge in [0.25, 0.3) is 5.91 Å². The van der Waals surface area contributed by atoms with Crippen molar-refractivity contribution in [3.05, 3.63) is 12.2 Å².